The van der Waals surface area contributed by atoms with Crippen LogP contribution in [0.5, 0.6) is 0 Å². The van der Waals surface area contributed by atoms with E-state index in [2.05, 4.69) is 14.9 Å². The fourth-order valence-corrected chi connectivity index (χ4v) is 5.69. The number of halogens is 3. The molecule has 0 amide bonds. The molecule has 3 heterocycles. The Bertz CT molecular complexity index is 1010. The lowest BCUT2D eigenvalue weighted by Crippen LogP contribution is -2.79. The summed E-state index contributed by atoms with van der Waals surface area (Å²) in [5.74, 6) is 0.464. The van der Waals surface area contributed by atoms with Crippen LogP contribution in [0.3, 0.4) is 0 Å². The molecule has 1 aliphatic heterocycles. The Kier molecular flexibility index (Phi) is 4.96. The molecular formula is C23H29F3N4O2. The third-order valence-electron chi connectivity index (χ3n) is 7.48. The van der Waals surface area contributed by atoms with Gasteiger partial charge in [0.15, 0.2) is 0 Å². The van der Waals surface area contributed by atoms with E-state index >= 15 is 0 Å². The number of ether oxygens (including phenoxy) is 1. The Hall–Kier alpha value is -1.97. The molecule has 0 aromatic carbocycles. The highest BCUT2D eigenvalue weighted by molar-refractivity contribution is 5.60. The Morgan fingerprint density at radius 2 is 1.78 bits per heavy atom. The normalized spacial score (nSPS) is 29.0. The molecule has 4 aliphatic rings. The summed E-state index contributed by atoms with van der Waals surface area (Å²) < 4.78 is 47.8. The minimum absolute atomic E-state index is 0.0602. The monoisotopic (exact) mass is 450 g/mol. The zero-order chi connectivity index (χ0) is 22.9. The summed E-state index contributed by atoms with van der Waals surface area (Å²) in [6.07, 6.45) is 0.872. The summed E-state index contributed by atoms with van der Waals surface area (Å²) in [7, 11) is 0. The van der Waals surface area contributed by atoms with Gasteiger partial charge in [-0.25, -0.2) is 4.98 Å². The smallest absolute Gasteiger partial charge is 0.385 e. The van der Waals surface area contributed by atoms with Gasteiger partial charge in [-0.2, -0.15) is 13.2 Å². The topological polar surface area (TPSA) is 63.4 Å². The van der Waals surface area contributed by atoms with Crippen LogP contribution in [0.1, 0.15) is 56.3 Å². The first-order valence-corrected chi connectivity index (χ1v) is 11.2. The quantitative estimate of drug-likeness (QED) is 0.748. The lowest BCUT2D eigenvalue weighted by Gasteiger charge is -2.74. The molecule has 2 bridgehead atoms. The van der Waals surface area contributed by atoms with E-state index in [0.29, 0.717) is 17.1 Å². The number of morpholine rings is 1. The molecule has 6 nitrogen and oxygen atoms in total. The number of aryl methyl sites for hydroxylation is 1. The summed E-state index contributed by atoms with van der Waals surface area (Å²) in [5, 5.41) is 10.9. The van der Waals surface area contributed by atoms with Gasteiger partial charge in [-0.15, -0.1) is 0 Å². The zero-order valence-electron chi connectivity index (χ0n) is 18.6. The summed E-state index contributed by atoms with van der Waals surface area (Å²) in [4.78, 5) is 11.1. The second-order valence-corrected chi connectivity index (χ2v) is 9.98. The zero-order valence-corrected chi connectivity index (χ0v) is 18.6. The third-order valence-corrected chi connectivity index (χ3v) is 7.48. The fourth-order valence-electron chi connectivity index (χ4n) is 5.69. The predicted octanol–water partition coefficient (Wildman–Crippen LogP) is 3.93. The molecule has 9 heteroatoms. The van der Waals surface area contributed by atoms with Crippen LogP contribution < -0.4 is 0 Å². The molecule has 0 spiro atoms. The number of aliphatic hydroxyl groups excluding tert-OH is 1. The molecule has 4 fully saturated rings. The van der Waals surface area contributed by atoms with Crippen LogP contribution in [-0.4, -0.2) is 56.4 Å². The molecule has 0 radical (unpaired) electrons. The maximum atomic E-state index is 13.4. The molecule has 32 heavy (non-hydrogen) atoms. The van der Waals surface area contributed by atoms with E-state index in [1.807, 2.05) is 24.6 Å². The van der Waals surface area contributed by atoms with Crippen LogP contribution in [0, 0.1) is 12.8 Å². The second kappa shape index (κ2) is 7.27. The van der Waals surface area contributed by atoms with Crippen LogP contribution in [0.25, 0.3) is 11.3 Å². The van der Waals surface area contributed by atoms with E-state index in [0.717, 1.165) is 51.6 Å². The van der Waals surface area contributed by atoms with Crippen molar-refractivity contribution in [2.75, 3.05) is 26.3 Å². The number of alkyl halides is 3. The van der Waals surface area contributed by atoms with E-state index < -0.39 is 17.8 Å². The van der Waals surface area contributed by atoms with Gasteiger partial charge in [-0.1, -0.05) is 13.8 Å². The Labute approximate surface area is 185 Å². The highest BCUT2D eigenvalue weighted by Crippen LogP contribution is 2.68. The van der Waals surface area contributed by atoms with E-state index in [-0.39, 0.29) is 22.7 Å². The van der Waals surface area contributed by atoms with E-state index in [4.69, 9.17) is 4.74 Å². The number of hydrogen-bond donors (Lipinski definition) is 1. The highest BCUT2D eigenvalue weighted by Gasteiger charge is 2.71. The molecule has 2 aromatic heterocycles. The standard InChI is InChI=1S/C23H29F3N4O2/c1-14(2)19(31)20-28-18(16-8-17(23(24,25)26)15(3)27-9-16)10-30(20)22-11-21(12-22,13-22)29-4-6-32-7-5-29/h8-10,14,19,31H,4-7,11-13H2,1-3H3. The van der Waals surface area contributed by atoms with Crippen molar-refractivity contribution < 1.29 is 23.0 Å². The van der Waals surface area contributed by atoms with Crippen LogP contribution >= 0.6 is 0 Å². The SMILES string of the molecule is Cc1ncc(-c2cn(C34CC(N5CCOCC5)(C3)C4)c(C(O)C(C)C)n2)cc1C(F)(F)F. The first-order valence-electron chi connectivity index (χ1n) is 11.2. The average molecular weight is 451 g/mol. The number of aromatic nitrogens is 3. The molecule has 3 saturated carbocycles. The van der Waals surface area contributed by atoms with Crippen molar-refractivity contribution in [3.8, 4) is 11.3 Å². The summed E-state index contributed by atoms with van der Waals surface area (Å²) in [5.41, 5.74) is -0.0263. The molecule has 174 valence electrons. The second-order valence-electron chi connectivity index (χ2n) is 9.98. The van der Waals surface area contributed by atoms with Gasteiger partial charge in [0.05, 0.1) is 30.0 Å². The number of pyridine rings is 1. The number of aliphatic hydroxyl groups is 1. The van der Waals surface area contributed by atoms with Gasteiger partial charge in [0.1, 0.15) is 11.9 Å². The van der Waals surface area contributed by atoms with Crippen LogP contribution in [0.15, 0.2) is 18.5 Å². The Balaban J connectivity index is 1.49. The first-order chi connectivity index (χ1) is 15.0. The van der Waals surface area contributed by atoms with Crippen molar-refractivity contribution >= 4 is 0 Å². The van der Waals surface area contributed by atoms with Gasteiger partial charge in [-0.05, 0) is 38.2 Å². The minimum atomic E-state index is -4.48. The molecule has 2 aromatic rings. The molecule has 1 saturated heterocycles. The summed E-state index contributed by atoms with van der Waals surface area (Å²) in [6, 6.07) is 1.11. The maximum Gasteiger partial charge on any atom is 0.418 e. The molecule has 3 aliphatic carbocycles. The number of hydrogen-bond acceptors (Lipinski definition) is 5. The lowest BCUT2D eigenvalue weighted by atomic mass is 9.43. The van der Waals surface area contributed by atoms with Gasteiger partial charge >= 0.3 is 6.18 Å². The van der Waals surface area contributed by atoms with Crippen molar-refractivity contribution in [1.82, 2.24) is 19.4 Å². The summed E-state index contributed by atoms with van der Waals surface area (Å²) in [6.45, 7) is 8.55. The van der Waals surface area contributed by atoms with Gasteiger partial charge in [0.2, 0.25) is 0 Å². The highest BCUT2D eigenvalue weighted by atomic mass is 19.4. The fraction of sp³-hybridized carbons (Fsp3) is 0.652. The molecule has 1 atom stereocenters. The van der Waals surface area contributed by atoms with Crippen molar-refractivity contribution in [3.05, 3.63) is 35.5 Å². The number of nitrogens with zero attached hydrogens (tertiary/aromatic N) is 4. The van der Waals surface area contributed by atoms with Crippen LogP contribution in [0.2, 0.25) is 0 Å². The van der Waals surface area contributed by atoms with E-state index in [1.54, 1.807) is 0 Å². The van der Waals surface area contributed by atoms with E-state index in [1.165, 1.54) is 13.1 Å². The number of imidazole rings is 1. The molecular weight excluding hydrogens is 421 g/mol. The van der Waals surface area contributed by atoms with Gasteiger partial charge in [0, 0.05) is 42.3 Å². The molecule has 6 rings (SSSR count). The maximum absolute atomic E-state index is 13.4. The Morgan fingerprint density at radius 1 is 1.12 bits per heavy atom. The van der Waals surface area contributed by atoms with Crippen LogP contribution in [0.4, 0.5) is 13.2 Å². The van der Waals surface area contributed by atoms with Gasteiger partial charge in [-0.3, -0.25) is 9.88 Å². The third kappa shape index (κ3) is 3.28. The largest absolute Gasteiger partial charge is 0.418 e. The van der Waals surface area contributed by atoms with Crippen molar-refractivity contribution in [2.45, 2.75) is 63.4 Å². The molecule has 1 unspecified atom stereocenters. The number of rotatable bonds is 5. The van der Waals surface area contributed by atoms with Crippen molar-refractivity contribution in [3.63, 3.8) is 0 Å². The van der Waals surface area contributed by atoms with Crippen molar-refractivity contribution in [2.24, 2.45) is 5.92 Å². The minimum Gasteiger partial charge on any atom is -0.385 e. The summed E-state index contributed by atoms with van der Waals surface area (Å²) >= 11 is 0. The van der Waals surface area contributed by atoms with Gasteiger partial charge in [0.25, 0.3) is 0 Å². The average Bonchev–Trinajstić information content (AvgIpc) is 3.10. The molecule has 1 N–H and O–H groups in total. The predicted molar refractivity (Wildman–Crippen MR) is 112 cm³/mol. The van der Waals surface area contributed by atoms with Crippen molar-refractivity contribution in [1.29, 1.82) is 0 Å². The van der Waals surface area contributed by atoms with E-state index in [9.17, 15) is 18.3 Å². The first kappa shape index (κ1) is 21.9. The van der Waals surface area contributed by atoms with Crippen LogP contribution in [-0.2, 0) is 16.5 Å². The lowest BCUT2D eigenvalue weighted by molar-refractivity contribution is -0.222. The Morgan fingerprint density at radius 3 is 2.38 bits per heavy atom. The van der Waals surface area contributed by atoms with Gasteiger partial charge < -0.3 is 14.4 Å².